The van der Waals surface area contributed by atoms with Crippen molar-refractivity contribution in [3.63, 3.8) is 0 Å². The number of esters is 1. The fraction of sp³-hybridized carbons (Fsp3) is 0.562. The van der Waals surface area contributed by atoms with Crippen LogP contribution in [0.15, 0.2) is 29.2 Å². The molecule has 21 heavy (non-hydrogen) atoms. The highest BCUT2D eigenvalue weighted by Gasteiger charge is 2.40. The molecule has 1 N–H and O–H groups in total. The van der Waals surface area contributed by atoms with Gasteiger partial charge >= 0.3 is 5.97 Å². The maximum Gasteiger partial charge on any atom is 0.325 e. The fourth-order valence-electron chi connectivity index (χ4n) is 2.47. The molecule has 0 aliphatic heterocycles. The summed E-state index contributed by atoms with van der Waals surface area (Å²) in [5.41, 5.74) is -0.616. The Bertz CT molecular complexity index is 490. The van der Waals surface area contributed by atoms with E-state index in [2.05, 4.69) is 12.2 Å². The van der Waals surface area contributed by atoms with E-state index in [0.717, 1.165) is 29.2 Å². The van der Waals surface area contributed by atoms with Gasteiger partial charge in [-0.05, 0) is 50.5 Å². The van der Waals surface area contributed by atoms with Crippen LogP contribution in [0.3, 0.4) is 0 Å². The van der Waals surface area contributed by atoms with E-state index in [1.165, 1.54) is 7.11 Å². The van der Waals surface area contributed by atoms with Crippen molar-refractivity contribution >= 4 is 29.3 Å². The summed E-state index contributed by atoms with van der Waals surface area (Å²) in [6, 6.07) is 8.25. The zero-order valence-electron chi connectivity index (χ0n) is 12.7. The van der Waals surface area contributed by atoms with Crippen LogP contribution in [-0.4, -0.2) is 29.9 Å². The lowest BCUT2D eigenvalue weighted by atomic mass is 9.96. The van der Waals surface area contributed by atoms with Gasteiger partial charge in [-0.1, -0.05) is 18.5 Å². The molecule has 0 saturated heterocycles. The van der Waals surface area contributed by atoms with Gasteiger partial charge in [0.05, 0.1) is 7.11 Å². The van der Waals surface area contributed by atoms with Crippen molar-refractivity contribution in [3.8, 4) is 0 Å². The summed E-state index contributed by atoms with van der Waals surface area (Å²) in [5, 5.41) is 4.47. The molecule has 0 aromatic heterocycles. The minimum atomic E-state index is -0.616. The van der Waals surface area contributed by atoms with E-state index < -0.39 is 5.54 Å². The van der Waals surface area contributed by atoms with E-state index in [9.17, 15) is 4.79 Å². The zero-order chi connectivity index (χ0) is 15.5. The molecule has 0 radical (unpaired) electrons. The highest BCUT2D eigenvalue weighted by molar-refractivity contribution is 7.99. The van der Waals surface area contributed by atoms with E-state index in [-0.39, 0.29) is 5.97 Å². The summed E-state index contributed by atoms with van der Waals surface area (Å²) < 4.78 is 4.98. The van der Waals surface area contributed by atoms with Gasteiger partial charge in [0.1, 0.15) is 5.54 Å². The average Bonchev–Trinajstić information content (AvgIpc) is 3.23. The zero-order valence-corrected chi connectivity index (χ0v) is 14.3. The SMILES string of the molecule is COC(=O)C(C)(CC(C)Sc1ccc(Cl)cc1)NC1CC1. The normalized spacial score (nSPS) is 18.9. The third-order valence-corrected chi connectivity index (χ3v) is 4.95. The highest BCUT2D eigenvalue weighted by Crippen LogP contribution is 2.32. The van der Waals surface area contributed by atoms with Gasteiger partial charge in [0.2, 0.25) is 0 Å². The number of nitrogens with one attached hydrogen (secondary N) is 1. The van der Waals surface area contributed by atoms with Gasteiger partial charge in [0, 0.05) is 21.2 Å². The maximum atomic E-state index is 12.1. The summed E-state index contributed by atoms with van der Waals surface area (Å²) in [5.74, 6) is -0.182. The number of carbonyl (C=O) groups excluding carboxylic acids is 1. The van der Waals surface area contributed by atoms with Crippen LogP contribution in [0, 0.1) is 0 Å². The Hall–Kier alpha value is -0.710. The molecule has 0 amide bonds. The minimum Gasteiger partial charge on any atom is -0.468 e. The van der Waals surface area contributed by atoms with Crippen LogP contribution < -0.4 is 5.32 Å². The van der Waals surface area contributed by atoms with E-state index in [1.807, 2.05) is 31.2 Å². The molecule has 1 saturated carbocycles. The molecule has 2 atom stereocenters. The van der Waals surface area contributed by atoms with Crippen molar-refractivity contribution in [2.45, 2.75) is 54.8 Å². The molecular weight excluding hydrogens is 306 g/mol. The molecule has 2 unspecified atom stereocenters. The average molecular weight is 328 g/mol. The first-order chi connectivity index (χ1) is 9.93. The van der Waals surface area contributed by atoms with Gasteiger partial charge in [0.15, 0.2) is 0 Å². The fourth-order valence-corrected chi connectivity index (χ4v) is 3.77. The number of rotatable bonds is 7. The molecule has 1 aliphatic rings. The molecular formula is C16H22ClNO2S. The number of benzene rings is 1. The topological polar surface area (TPSA) is 38.3 Å². The van der Waals surface area contributed by atoms with Gasteiger partial charge < -0.3 is 4.74 Å². The molecule has 0 heterocycles. The number of hydrogen-bond acceptors (Lipinski definition) is 4. The molecule has 116 valence electrons. The van der Waals surface area contributed by atoms with Gasteiger partial charge in [-0.3, -0.25) is 10.1 Å². The quantitative estimate of drug-likeness (QED) is 0.609. The van der Waals surface area contributed by atoms with E-state index >= 15 is 0 Å². The smallest absolute Gasteiger partial charge is 0.325 e. The Labute approximate surface area is 135 Å². The second-order valence-electron chi connectivity index (χ2n) is 5.83. The van der Waals surface area contributed by atoms with Gasteiger partial charge in [-0.2, -0.15) is 0 Å². The van der Waals surface area contributed by atoms with E-state index in [1.54, 1.807) is 11.8 Å². The molecule has 1 aliphatic carbocycles. The number of halogens is 1. The third kappa shape index (κ3) is 4.90. The first-order valence-corrected chi connectivity index (χ1v) is 8.47. The third-order valence-electron chi connectivity index (χ3n) is 3.58. The predicted molar refractivity (Wildman–Crippen MR) is 88.0 cm³/mol. The van der Waals surface area contributed by atoms with Gasteiger partial charge in [0.25, 0.3) is 0 Å². The van der Waals surface area contributed by atoms with Crippen molar-refractivity contribution in [1.29, 1.82) is 0 Å². The number of thioether (sulfide) groups is 1. The Balaban J connectivity index is 1.98. The lowest BCUT2D eigenvalue weighted by Gasteiger charge is -2.30. The lowest BCUT2D eigenvalue weighted by Crippen LogP contribution is -2.52. The second-order valence-corrected chi connectivity index (χ2v) is 7.78. The summed E-state index contributed by atoms with van der Waals surface area (Å²) in [4.78, 5) is 13.3. The van der Waals surface area contributed by atoms with Crippen molar-refractivity contribution in [2.75, 3.05) is 7.11 Å². The lowest BCUT2D eigenvalue weighted by molar-refractivity contribution is -0.148. The summed E-state index contributed by atoms with van der Waals surface area (Å²) in [6.07, 6.45) is 3.01. The van der Waals surface area contributed by atoms with Crippen LogP contribution in [0.25, 0.3) is 0 Å². The van der Waals surface area contributed by atoms with Crippen molar-refractivity contribution < 1.29 is 9.53 Å². The molecule has 1 fully saturated rings. The first kappa shape index (κ1) is 16.7. The number of methoxy groups -OCH3 is 1. The van der Waals surface area contributed by atoms with Crippen LogP contribution in [0.5, 0.6) is 0 Å². The largest absolute Gasteiger partial charge is 0.468 e. The number of hydrogen-bond donors (Lipinski definition) is 1. The standard InChI is InChI=1S/C16H22ClNO2S/c1-11(21-14-8-4-12(17)5-9-14)10-16(2,15(19)20-3)18-13-6-7-13/h4-5,8-9,11,13,18H,6-7,10H2,1-3H3. The van der Waals surface area contributed by atoms with Crippen molar-refractivity contribution in [3.05, 3.63) is 29.3 Å². The molecule has 3 nitrogen and oxygen atoms in total. The molecule has 1 aromatic carbocycles. The van der Waals surface area contributed by atoms with Gasteiger partial charge in [-0.15, -0.1) is 11.8 Å². The van der Waals surface area contributed by atoms with Crippen LogP contribution in [0.2, 0.25) is 5.02 Å². The summed E-state index contributed by atoms with van der Waals surface area (Å²) >= 11 is 7.65. The van der Waals surface area contributed by atoms with Crippen LogP contribution in [0.4, 0.5) is 0 Å². The Morgan fingerprint density at radius 1 is 1.48 bits per heavy atom. The Morgan fingerprint density at radius 3 is 2.62 bits per heavy atom. The van der Waals surface area contributed by atoms with Crippen molar-refractivity contribution in [2.24, 2.45) is 0 Å². The predicted octanol–water partition coefficient (Wildman–Crippen LogP) is 3.89. The summed E-state index contributed by atoms with van der Waals surface area (Å²) in [6.45, 7) is 4.07. The van der Waals surface area contributed by atoms with Gasteiger partial charge in [-0.25, -0.2) is 0 Å². The number of ether oxygens (including phenoxy) is 1. The molecule has 1 aromatic rings. The Morgan fingerprint density at radius 2 is 2.10 bits per heavy atom. The van der Waals surface area contributed by atoms with Crippen molar-refractivity contribution in [1.82, 2.24) is 5.32 Å². The molecule has 5 heteroatoms. The molecule has 0 bridgehead atoms. The second kappa shape index (κ2) is 7.03. The first-order valence-electron chi connectivity index (χ1n) is 7.21. The molecule has 0 spiro atoms. The van der Waals surface area contributed by atoms with E-state index in [0.29, 0.717) is 11.3 Å². The minimum absolute atomic E-state index is 0.182. The van der Waals surface area contributed by atoms with Crippen LogP contribution in [0.1, 0.15) is 33.1 Å². The van der Waals surface area contributed by atoms with Crippen LogP contribution in [-0.2, 0) is 9.53 Å². The van der Waals surface area contributed by atoms with Crippen LogP contribution >= 0.6 is 23.4 Å². The number of carbonyl (C=O) groups is 1. The Kier molecular flexibility index (Phi) is 5.58. The monoisotopic (exact) mass is 327 g/mol. The molecule has 2 rings (SSSR count). The van der Waals surface area contributed by atoms with E-state index in [4.69, 9.17) is 16.3 Å². The summed E-state index contributed by atoms with van der Waals surface area (Å²) in [7, 11) is 1.45. The highest BCUT2D eigenvalue weighted by atomic mass is 35.5. The maximum absolute atomic E-state index is 12.1.